The Balaban J connectivity index is 0.000000281. The van der Waals surface area contributed by atoms with Crippen LogP contribution < -0.4 is 10.6 Å². The summed E-state index contributed by atoms with van der Waals surface area (Å²) in [6, 6.07) is 27.5. The molecule has 1 N–H and O–H groups in total. The topological polar surface area (TPSA) is 54.4 Å². The SMILES string of the molecule is CC(F)(F)C(F)(F)C(F)(F)S(=O)(=O)O.FC(F)(F)c1ccccc1.c1ccc(Pc2ccccc2)cc1. The van der Waals surface area contributed by atoms with Crippen LogP contribution in [-0.4, -0.2) is 30.1 Å². The molecule has 0 amide bonds. The Morgan fingerprint density at radius 2 is 0.946 bits per heavy atom. The van der Waals surface area contributed by atoms with E-state index in [1.165, 1.54) is 22.7 Å². The maximum Gasteiger partial charge on any atom is 0.437 e. The third-order valence-electron chi connectivity index (χ3n) is 4.18. The molecule has 0 aliphatic carbocycles. The van der Waals surface area contributed by atoms with Gasteiger partial charge in [-0.15, -0.1) is 0 Å². The molecule has 0 spiro atoms. The predicted octanol–water partition coefficient (Wildman–Crippen LogP) is 6.78. The van der Waals surface area contributed by atoms with Crippen LogP contribution in [0.2, 0.25) is 0 Å². The fourth-order valence-corrected chi connectivity index (χ4v) is 3.81. The highest BCUT2D eigenvalue weighted by Gasteiger charge is 2.75. The number of rotatable bonds is 5. The molecular weight excluding hydrogens is 558 g/mol. The van der Waals surface area contributed by atoms with Crippen LogP contribution in [0.5, 0.6) is 0 Å². The summed E-state index contributed by atoms with van der Waals surface area (Å²) in [5, 5.41) is -3.44. The van der Waals surface area contributed by atoms with Crippen molar-refractivity contribution in [2.45, 2.75) is 30.2 Å². The van der Waals surface area contributed by atoms with Crippen LogP contribution in [0.25, 0.3) is 0 Å². The van der Waals surface area contributed by atoms with E-state index in [1.54, 1.807) is 6.07 Å². The Labute approximate surface area is 208 Å². The molecule has 0 bridgehead atoms. The van der Waals surface area contributed by atoms with Crippen LogP contribution in [0.15, 0.2) is 91.0 Å². The number of halogens is 9. The first-order chi connectivity index (χ1) is 16.8. The lowest BCUT2D eigenvalue weighted by atomic mass is 10.2. The lowest BCUT2D eigenvalue weighted by Crippen LogP contribution is -2.56. The first kappa shape index (κ1) is 32.4. The van der Waals surface area contributed by atoms with E-state index in [0.717, 1.165) is 20.7 Å². The predicted molar refractivity (Wildman–Crippen MR) is 124 cm³/mol. The van der Waals surface area contributed by atoms with Gasteiger partial charge in [-0.05, 0) is 10.6 Å². The van der Waals surface area contributed by atoms with Gasteiger partial charge in [0.15, 0.2) is 0 Å². The largest absolute Gasteiger partial charge is 0.437 e. The molecule has 3 nitrogen and oxygen atoms in total. The van der Waals surface area contributed by atoms with Gasteiger partial charge in [0, 0.05) is 6.92 Å². The maximum atomic E-state index is 12.2. The zero-order valence-electron chi connectivity index (χ0n) is 18.7. The zero-order chi connectivity index (χ0) is 28.5. The van der Waals surface area contributed by atoms with Crippen LogP contribution in [0.4, 0.5) is 39.5 Å². The third kappa shape index (κ3) is 9.64. The molecule has 204 valence electrons. The lowest BCUT2D eigenvalue weighted by Gasteiger charge is -2.28. The quantitative estimate of drug-likeness (QED) is 0.206. The minimum atomic E-state index is -6.61. The Bertz CT molecular complexity index is 1150. The molecule has 0 saturated carbocycles. The van der Waals surface area contributed by atoms with E-state index in [-0.39, 0.29) is 0 Å². The smallest absolute Gasteiger partial charge is 0.281 e. The average Bonchev–Trinajstić information content (AvgIpc) is 2.80. The normalized spacial score (nSPS) is 12.5. The van der Waals surface area contributed by atoms with Crippen molar-refractivity contribution >= 4 is 29.3 Å². The zero-order valence-corrected chi connectivity index (χ0v) is 20.6. The number of benzene rings is 3. The second-order valence-electron chi connectivity index (χ2n) is 7.18. The summed E-state index contributed by atoms with van der Waals surface area (Å²) in [6.07, 6.45) is -4.21. The highest BCUT2D eigenvalue weighted by molar-refractivity contribution is 7.87. The van der Waals surface area contributed by atoms with Gasteiger partial charge >= 0.3 is 33.4 Å². The van der Waals surface area contributed by atoms with Crippen molar-refractivity contribution < 1.29 is 52.5 Å². The average molecular weight is 578 g/mol. The van der Waals surface area contributed by atoms with E-state index < -0.39 is 45.9 Å². The molecule has 3 rings (SSSR count). The molecule has 0 aliphatic rings. The molecule has 14 heteroatoms. The van der Waals surface area contributed by atoms with Gasteiger partial charge in [0.2, 0.25) is 0 Å². The molecule has 0 unspecified atom stereocenters. The van der Waals surface area contributed by atoms with Crippen molar-refractivity contribution in [3.05, 3.63) is 96.6 Å². The van der Waals surface area contributed by atoms with Crippen molar-refractivity contribution in [3.63, 3.8) is 0 Å². The molecule has 0 heterocycles. The van der Waals surface area contributed by atoms with Gasteiger partial charge in [-0.25, -0.2) is 0 Å². The standard InChI is InChI=1S/C12H11P.C7H5F3.C4H4F6O3S/c1-3-7-11(8-4-1)13-12-9-5-2-6-10-12;8-7(9,10)6-4-2-1-3-5-6;1-2(5,6)3(7,8)4(9,10)14(11,12)13/h1-10,13H;1-5H;1H3,(H,11,12,13). The first-order valence-corrected chi connectivity index (χ1v) is 12.3. The van der Waals surface area contributed by atoms with Gasteiger partial charge in [-0.2, -0.15) is 47.9 Å². The van der Waals surface area contributed by atoms with E-state index in [4.69, 9.17) is 4.55 Å². The molecule has 37 heavy (non-hydrogen) atoms. The van der Waals surface area contributed by atoms with Crippen LogP contribution in [0.3, 0.4) is 0 Å². The molecule has 0 aromatic heterocycles. The molecule has 0 aliphatic heterocycles. The van der Waals surface area contributed by atoms with Crippen LogP contribution in [0.1, 0.15) is 12.5 Å². The summed E-state index contributed by atoms with van der Waals surface area (Å²) in [6.45, 7) is -0.591. The molecule has 3 aromatic carbocycles. The molecule has 0 fully saturated rings. The second kappa shape index (κ2) is 12.7. The van der Waals surface area contributed by atoms with Crippen molar-refractivity contribution in [1.29, 1.82) is 0 Å². The van der Waals surface area contributed by atoms with Gasteiger partial charge in [0.25, 0.3) is 0 Å². The van der Waals surface area contributed by atoms with Gasteiger partial charge in [-0.3, -0.25) is 4.55 Å². The first-order valence-electron chi connectivity index (χ1n) is 9.90. The van der Waals surface area contributed by atoms with E-state index >= 15 is 0 Å². The van der Waals surface area contributed by atoms with Gasteiger partial charge in [0.05, 0.1) is 5.56 Å². The van der Waals surface area contributed by atoms with Crippen molar-refractivity contribution in [2.24, 2.45) is 0 Å². The van der Waals surface area contributed by atoms with Crippen LogP contribution in [-0.2, 0) is 16.3 Å². The van der Waals surface area contributed by atoms with Crippen molar-refractivity contribution in [2.75, 3.05) is 0 Å². The van der Waals surface area contributed by atoms with Gasteiger partial charge < -0.3 is 0 Å². The highest BCUT2D eigenvalue weighted by atomic mass is 32.2. The summed E-state index contributed by atoms with van der Waals surface area (Å²) >= 11 is 0. The summed E-state index contributed by atoms with van der Waals surface area (Å²) in [4.78, 5) is 0. The van der Waals surface area contributed by atoms with E-state index in [0.29, 0.717) is 0 Å². The van der Waals surface area contributed by atoms with Crippen LogP contribution in [0, 0.1) is 0 Å². The van der Waals surface area contributed by atoms with E-state index in [2.05, 4.69) is 60.7 Å². The minimum absolute atomic E-state index is 0.591. The molecule has 0 radical (unpaired) electrons. The summed E-state index contributed by atoms with van der Waals surface area (Å²) in [5.41, 5.74) is -0.602. The summed E-state index contributed by atoms with van der Waals surface area (Å²) in [7, 11) is -5.83. The Morgan fingerprint density at radius 1 is 0.622 bits per heavy atom. The van der Waals surface area contributed by atoms with Gasteiger partial charge in [0.1, 0.15) is 0 Å². The van der Waals surface area contributed by atoms with E-state index in [9.17, 15) is 47.9 Å². The molecule has 3 aromatic rings. The van der Waals surface area contributed by atoms with Crippen LogP contribution >= 0.6 is 8.58 Å². The van der Waals surface area contributed by atoms with Gasteiger partial charge in [-0.1, -0.05) is 99.6 Å². The molecular formula is C23H20F9O3PS. The lowest BCUT2D eigenvalue weighted by molar-refractivity contribution is -0.273. The Kier molecular flexibility index (Phi) is 11.2. The summed E-state index contributed by atoms with van der Waals surface area (Å²) in [5.74, 6) is -11.5. The number of hydrogen-bond donors (Lipinski definition) is 1. The third-order valence-corrected chi connectivity index (χ3v) is 6.33. The summed E-state index contributed by atoms with van der Waals surface area (Å²) < 4.78 is 135. The van der Waals surface area contributed by atoms with Crippen molar-refractivity contribution in [1.82, 2.24) is 0 Å². The fraction of sp³-hybridized carbons (Fsp3) is 0.217. The molecule has 0 saturated heterocycles. The Hall–Kier alpha value is -2.63. The second-order valence-corrected chi connectivity index (χ2v) is 10.0. The van der Waals surface area contributed by atoms with E-state index in [1.807, 2.05) is 0 Å². The Morgan fingerprint density at radius 3 is 1.16 bits per heavy atom. The maximum absolute atomic E-state index is 12.2. The number of hydrogen-bond acceptors (Lipinski definition) is 2. The fourth-order valence-electron chi connectivity index (χ4n) is 2.25. The number of alkyl halides is 9. The highest BCUT2D eigenvalue weighted by Crippen LogP contribution is 2.47. The monoisotopic (exact) mass is 578 g/mol. The molecule has 0 atom stereocenters. The minimum Gasteiger partial charge on any atom is -0.281 e. The van der Waals surface area contributed by atoms with Crippen molar-refractivity contribution in [3.8, 4) is 0 Å².